The van der Waals surface area contributed by atoms with Crippen molar-refractivity contribution in [2.75, 3.05) is 11.3 Å². The molecule has 1 saturated heterocycles. The molecular weight excluding hydrogens is 384 g/mol. The summed E-state index contributed by atoms with van der Waals surface area (Å²) in [6, 6.07) is 4.92. The van der Waals surface area contributed by atoms with Crippen LogP contribution in [-0.2, 0) is 21.3 Å². The van der Waals surface area contributed by atoms with Crippen LogP contribution in [0.2, 0.25) is 5.15 Å². The number of sulfonamides is 1. The van der Waals surface area contributed by atoms with Crippen LogP contribution in [0.5, 0.6) is 0 Å². The molecule has 132 valence electrons. The van der Waals surface area contributed by atoms with Crippen LogP contribution in [0.25, 0.3) is 10.2 Å². The molecule has 1 aliphatic heterocycles. The molecule has 0 aliphatic carbocycles. The van der Waals surface area contributed by atoms with Gasteiger partial charge in [0.25, 0.3) is 10.0 Å². The summed E-state index contributed by atoms with van der Waals surface area (Å²) in [6.07, 6.45) is 5.35. The highest BCUT2D eigenvalue weighted by Crippen LogP contribution is 2.30. The van der Waals surface area contributed by atoms with Crippen molar-refractivity contribution in [2.24, 2.45) is 0 Å². The van der Waals surface area contributed by atoms with Crippen molar-refractivity contribution in [3.63, 3.8) is 0 Å². The molecule has 4 heterocycles. The van der Waals surface area contributed by atoms with Crippen LogP contribution < -0.4 is 4.72 Å². The Hall–Kier alpha value is -1.68. The summed E-state index contributed by atoms with van der Waals surface area (Å²) >= 11 is 7.00. The average molecular weight is 399 g/mol. The minimum Gasteiger partial charge on any atom is -0.376 e. The van der Waals surface area contributed by atoms with Gasteiger partial charge in [0.1, 0.15) is 9.36 Å². The molecule has 3 aromatic heterocycles. The summed E-state index contributed by atoms with van der Waals surface area (Å²) in [5.41, 5.74) is 0.980. The van der Waals surface area contributed by atoms with Crippen LogP contribution in [0, 0.1) is 0 Å². The molecule has 1 aliphatic rings. The van der Waals surface area contributed by atoms with E-state index in [0.717, 1.165) is 35.5 Å². The first-order chi connectivity index (χ1) is 12.0. The predicted molar refractivity (Wildman–Crippen MR) is 96.6 cm³/mol. The third-order valence-electron chi connectivity index (χ3n) is 3.88. The molecule has 0 aromatic carbocycles. The first kappa shape index (κ1) is 16.8. The minimum atomic E-state index is -3.70. The molecule has 0 bridgehead atoms. The van der Waals surface area contributed by atoms with Crippen LogP contribution in [0.4, 0.5) is 5.69 Å². The van der Waals surface area contributed by atoms with Crippen molar-refractivity contribution < 1.29 is 13.2 Å². The van der Waals surface area contributed by atoms with E-state index in [1.807, 2.05) is 0 Å². The number of rotatable bonds is 5. The molecule has 0 saturated carbocycles. The highest BCUT2D eigenvalue weighted by atomic mass is 35.5. The number of ether oxygens (including phenoxy) is 1. The first-order valence-electron chi connectivity index (χ1n) is 7.72. The molecule has 1 unspecified atom stereocenters. The Balaban J connectivity index is 1.53. The Morgan fingerprint density at radius 2 is 2.32 bits per heavy atom. The highest BCUT2D eigenvalue weighted by Gasteiger charge is 2.20. The van der Waals surface area contributed by atoms with E-state index in [0.29, 0.717) is 22.9 Å². The van der Waals surface area contributed by atoms with Gasteiger partial charge in [-0.05, 0) is 31.0 Å². The van der Waals surface area contributed by atoms with Crippen molar-refractivity contribution in [1.29, 1.82) is 0 Å². The lowest BCUT2D eigenvalue weighted by molar-refractivity contribution is 0.0940. The number of thiophene rings is 1. The van der Waals surface area contributed by atoms with Crippen LogP contribution in [-0.4, -0.2) is 35.9 Å². The van der Waals surface area contributed by atoms with Crippen LogP contribution in [0.1, 0.15) is 12.8 Å². The summed E-state index contributed by atoms with van der Waals surface area (Å²) in [4.78, 5) is 4.13. The van der Waals surface area contributed by atoms with E-state index in [1.54, 1.807) is 23.0 Å². The van der Waals surface area contributed by atoms with E-state index in [1.165, 1.54) is 12.3 Å². The second-order valence-electron chi connectivity index (χ2n) is 5.77. The molecule has 7 nitrogen and oxygen atoms in total. The van der Waals surface area contributed by atoms with Gasteiger partial charge in [0.2, 0.25) is 0 Å². The molecule has 0 amide bonds. The molecule has 4 rings (SSSR count). The maximum absolute atomic E-state index is 12.6. The zero-order valence-corrected chi connectivity index (χ0v) is 15.4. The fraction of sp³-hybridized carbons (Fsp3) is 0.333. The number of anilines is 1. The van der Waals surface area contributed by atoms with Crippen molar-refractivity contribution >= 4 is 48.9 Å². The maximum atomic E-state index is 12.6. The lowest BCUT2D eigenvalue weighted by Gasteiger charge is -2.08. The largest absolute Gasteiger partial charge is 0.376 e. The lowest BCUT2D eigenvalue weighted by Crippen LogP contribution is -2.15. The number of halogens is 1. The van der Waals surface area contributed by atoms with E-state index in [9.17, 15) is 8.42 Å². The summed E-state index contributed by atoms with van der Waals surface area (Å²) < 4.78 is 35.9. The summed E-state index contributed by atoms with van der Waals surface area (Å²) in [5, 5.41) is 4.53. The van der Waals surface area contributed by atoms with E-state index in [2.05, 4.69) is 14.8 Å². The average Bonchev–Trinajstić information content (AvgIpc) is 3.28. The Morgan fingerprint density at radius 3 is 3.12 bits per heavy atom. The third-order valence-corrected chi connectivity index (χ3v) is 7.04. The van der Waals surface area contributed by atoms with Crippen molar-refractivity contribution in [3.05, 3.63) is 35.7 Å². The molecule has 0 radical (unpaired) electrons. The first-order valence-corrected chi connectivity index (χ1v) is 10.4. The molecule has 0 spiro atoms. The second-order valence-corrected chi connectivity index (χ2v) is 9.15. The van der Waals surface area contributed by atoms with Gasteiger partial charge < -0.3 is 4.74 Å². The summed E-state index contributed by atoms with van der Waals surface area (Å²) in [7, 11) is -3.70. The predicted octanol–water partition coefficient (Wildman–Crippen LogP) is 3.13. The highest BCUT2D eigenvalue weighted by molar-refractivity contribution is 7.94. The molecule has 1 N–H and O–H groups in total. The van der Waals surface area contributed by atoms with Gasteiger partial charge in [0.05, 0.1) is 34.7 Å². The molecule has 25 heavy (non-hydrogen) atoms. The van der Waals surface area contributed by atoms with Crippen molar-refractivity contribution in [2.45, 2.75) is 29.7 Å². The van der Waals surface area contributed by atoms with E-state index in [4.69, 9.17) is 16.3 Å². The number of nitrogens with one attached hydrogen (secondary N) is 1. The standard InChI is InChI=1S/C15H15ClN4O3S2/c16-14-4-3-13-12(18-14)6-15(24-13)25(21,22)19-10-7-17-20(8-10)9-11-2-1-5-23-11/h3-4,6-8,11,19H,1-2,5,9H2. The quantitative estimate of drug-likeness (QED) is 0.667. The molecule has 3 aromatic rings. The van der Waals surface area contributed by atoms with Gasteiger partial charge in [0.15, 0.2) is 0 Å². The maximum Gasteiger partial charge on any atom is 0.271 e. The monoisotopic (exact) mass is 398 g/mol. The van der Waals surface area contributed by atoms with Crippen LogP contribution in [0.15, 0.2) is 34.8 Å². The Kier molecular flexibility index (Phi) is 4.40. The van der Waals surface area contributed by atoms with E-state index >= 15 is 0 Å². The minimum absolute atomic E-state index is 0.141. The van der Waals surface area contributed by atoms with Gasteiger partial charge >= 0.3 is 0 Å². The topological polar surface area (TPSA) is 86.1 Å². The summed E-state index contributed by atoms with van der Waals surface area (Å²) in [6.45, 7) is 1.39. The fourth-order valence-corrected chi connectivity index (χ4v) is 5.23. The second kappa shape index (κ2) is 6.56. The zero-order chi connectivity index (χ0) is 17.4. The van der Waals surface area contributed by atoms with Gasteiger partial charge in [-0.25, -0.2) is 13.4 Å². The van der Waals surface area contributed by atoms with Crippen molar-refractivity contribution in [1.82, 2.24) is 14.8 Å². The number of pyridine rings is 1. The molecule has 1 fully saturated rings. The molecule has 10 heteroatoms. The zero-order valence-electron chi connectivity index (χ0n) is 13.1. The number of hydrogen-bond acceptors (Lipinski definition) is 6. The summed E-state index contributed by atoms with van der Waals surface area (Å²) in [5.74, 6) is 0. The van der Waals surface area contributed by atoms with Gasteiger partial charge in [0, 0.05) is 12.8 Å². The molecule has 1 atom stereocenters. The van der Waals surface area contributed by atoms with E-state index < -0.39 is 10.0 Å². The van der Waals surface area contributed by atoms with Gasteiger partial charge in [-0.15, -0.1) is 11.3 Å². The molecular formula is C15H15ClN4O3S2. The smallest absolute Gasteiger partial charge is 0.271 e. The SMILES string of the molecule is O=S(=O)(Nc1cnn(CC2CCCO2)c1)c1cc2nc(Cl)ccc2s1. The van der Waals surface area contributed by atoms with Crippen LogP contribution >= 0.6 is 22.9 Å². The normalized spacial score (nSPS) is 18.0. The Morgan fingerprint density at radius 1 is 1.44 bits per heavy atom. The van der Waals surface area contributed by atoms with E-state index in [-0.39, 0.29) is 10.3 Å². The number of fused-ring (bicyclic) bond motifs is 1. The number of hydrogen-bond donors (Lipinski definition) is 1. The van der Waals surface area contributed by atoms with Gasteiger partial charge in [-0.1, -0.05) is 11.6 Å². The lowest BCUT2D eigenvalue weighted by atomic mass is 10.2. The van der Waals surface area contributed by atoms with Gasteiger partial charge in [-0.2, -0.15) is 5.10 Å². The number of nitrogens with zero attached hydrogens (tertiary/aromatic N) is 3. The third kappa shape index (κ3) is 3.64. The number of aromatic nitrogens is 3. The Bertz CT molecular complexity index is 1010. The Labute approximate surface area is 153 Å². The fourth-order valence-electron chi connectivity index (χ4n) is 2.73. The van der Waals surface area contributed by atoms with Crippen molar-refractivity contribution in [3.8, 4) is 0 Å². The van der Waals surface area contributed by atoms with Gasteiger partial charge in [-0.3, -0.25) is 9.40 Å². The van der Waals surface area contributed by atoms with Crippen LogP contribution in [0.3, 0.4) is 0 Å².